The van der Waals surface area contributed by atoms with Crippen LogP contribution in [0.25, 0.3) is 22.5 Å². The van der Waals surface area contributed by atoms with Crippen molar-refractivity contribution >= 4 is 6.09 Å². The van der Waals surface area contributed by atoms with Crippen LogP contribution in [0.2, 0.25) is 0 Å². The van der Waals surface area contributed by atoms with Crippen molar-refractivity contribution in [1.29, 1.82) is 0 Å². The van der Waals surface area contributed by atoms with Gasteiger partial charge in [-0.25, -0.2) is 4.79 Å². The van der Waals surface area contributed by atoms with Crippen molar-refractivity contribution in [3.05, 3.63) is 108 Å². The second-order valence-electron chi connectivity index (χ2n) is 13.4. The summed E-state index contributed by atoms with van der Waals surface area (Å²) in [5.74, 6) is 1.89. The van der Waals surface area contributed by atoms with E-state index in [1.54, 1.807) is 4.90 Å². The fourth-order valence-corrected chi connectivity index (χ4v) is 7.95. The van der Waals surface area contributed by atoms with E-state index in [1.165, 1.54) is 16.8 Å². The van der Waals surface area contributed by atoms with Gasteiger partial charge in [-0.3, -0.25) is 9.36 Å². The Hall–Kier alpha value is -5.13. The molecule has 0 unspecified atom stereocenters. The Morgan fingerprint density at radius 2 is 1.21 bits per heavy atom. The molecule has 272 valence electrons. The Labute approximate surface area is 305 Å². The maximum atomic E-state index is 12.6. The summed E-state index contributed by atoms with van der Waals surface area (Å²) in [6.07, 6.45) is 7.12. The number of likely N-dealkylation sites (tertiary alicyclic amines) is 1. The lowest BCUT2D eigenvalue weighted by Crippen LogP contribution is -2.49. The molecule has 4 aliphatic rings. The van der Waals surface area contributed by atoms with Crippen LogP contribution < -0.4 is 14.8 Å². The highest BCUT2D eigenvalue weighted by Crippen LogP contribution is 2.50. The normalized spacial score (nSPS) is 17.0. The minimum absolute atomic E-state index is 0.192. The van der Waals surface area contributed by atoms with Gasteiger partial charge in [-0.05, 0) is 56.8 Å². The number of nitrogens with zero attached hydrogens (tertiary/aromatic N) is 5. The predicted molar refractivity (Wildman–Crippen MR) is 199 cm³/mol. The van der Waals surface area contributed by atoms with Crippen molar-refractivity contribution in [1.82, 2.24) is 29.8 Å². The zero-order chi connectivity index (χ0) is 36.1. The van der Waals surface area contributed by atoms with Gasteiger partial charge < -0.3 is 29.5 Å². The number of nitrogens with one attached hydrogen (secondary N) is 1. The number of hydrogen-bond acceptors (Lipinski definition) is 8. The SMILES string of the molecule is CCn1ncc2c1-c1ccccc1OC21CCN(C(=O)OCc2ccccc2)CC1.CCn1ncc2c1-c1ccccc1OC21CCNCC1.CO. The van der Waals surface area contributed by atoms with Crippen LogP contribution in [0.5, 0.6) is 11.5 Å². The van der Waals surface area contributed by atoms with Crippen LogP contribution in [0.4, 0.5) is 4.79 Å². The summed E-state index contributed by atoms with van der Waals surface area (Å²) in [5.41, 5.74) is 7.38. The maximum Gasteiger partial charge on any atom is 0.410 e. The molecule has 0 saturated carbocycles. The molecule has 0 atom stereocenters. The quantitative estimate of drug-likeness (QED) is 0.212. The van der Waals surface area contributed by atoms with E-state index in [0.29, 0.717) is 32.5 Å². The molecular formula is C41H48N6O5. The van der Waals surface area contributed by atoms with Gasteiger partial charge in [-0.15, -0.1) is 0 Å². The molecule has 9 rings (SSSR count). The third-order valence-electron chi connectivity index (χ3n) is 10.6. The number of hydrogen-bond donors (Lipinski definition) is 2. The number of rotatable bonds is 4. The lowest BCUT2D eigenvalue weighted by Gasteiger charge is -2.44. The number of para-hydroxylation sites is 2. The van der Waals surface area contributed by atoms with Gasteiger partial charge >= 0.3 is 6.09 Å². The Morgan fingerprint density at radius 1 is 0.731 bits per heavy atom. The van der Waals surface area contributed by atoms with Crippen molar-refractivity contribution in [2.24, 2.45) is 0 Å². The van der Waals surface area contributed by atoms with E-state index in [9.17, 15) is 4.79 Å². The molecule has 4 aliphatic heterocycles. The molecule has 0 aliphatic carbocycles. The molecule has 2 spiro atoms. The number of piperidine rings is 2. The van der Waals surface area contributed by atoms with E-state index < -0.39 is 5.60 Å². The number of aryl methyl sites for hydroxylation is 2. The van der Waals surface area contributed by atoms with Crippen molar-refractivity contribution in [2.75, 3.05) is 33.3 Å². The average Bonchev–Trinajstić information content (AvgIpc) is 3.86. The monoisotopic (exact) mass is 704 g/mol. The van der Waals surface area contributed by atoms with Gasteiger partial charge in [-0.1, -0.05) is 54.6 Å². The first-order chi connectivity index (χ1) is 25.5. The van der Waals surface area contributed by atoms with Crippen LogP contribution in [-0.2, 0) is 35.6 Å². The number of ether oxygens (including phenoxy) is 3. The minimum atomic E-state index is -0.451. The number of carbonyl (C=O) groups is 1. The summed E-state index contributed by atoms with van der Waals surface area (Å²) >= 11 is 0. The van der Waals surface area contributed by atoms with E-state index in [1.807, 2.05) is 71.7 Å². The third kappa shape index (κ3) is 6.43. The third-order valence-corrected chi connectivity index (χ3v) is 10.6. The van der Waals surface area contributed by atoms with Crippen LogP contribution in [0.3, 0.4) is 0 Å². The van der Waals surface area contributed by atoms with Crippen molar-refractivity contribution in [3.8, 4) is 34.0 Å². The molecule has 1 amide bonds. The number of aliphatic hydroxyl groups is 1. The molecule has 2 N–H and O–H groups in total. The topological polar surface area (TPSA) is 116 Å². The summed E-state index contributed by atoms with van der Waals surface area (Å²) in [6.45, 7) is 9.40. The van der Waals surface area contributed by atoms with Crippen LogP contribution >= 0.6 is 0 Å². The lowest BCUT2D eigenvalue weighted by atomic mass is 9.81. The largest absolute Gasteiger partial charge is 0.482 e. The summed E-state index contributed by atoms with van der Waals surface area (Å²) < 4.78 is 22.7. The Bertz CT molecular complexity index is 1970. The molecule has 52 heavy (non-hydrogen) atoms. The molecule has 2 fully saturated rings. The zero-order valence-corrected chi connectivity index (χ0v) is 30.3. The van der Waals surface area contributed by atoms with E-state index in [0.717, 1.165) is 80.0 Å². The Kier molecular flexibility index (Phi) is 10.3. The Balaban J connectivity index is 0.000000166. The molecule has 0 bridgehead atoms. The van der Waals surface area contributed by atoms with Gasteiger partial charge in [0, 0.05) is 81.2 Å². The van der Waals surface area contributed by atoms with Crippen molar-refractivity contribution in [2.45, 2.75) is 70.4 Å². The number of amides is 1. The summed E-state index contributed by atoms with van der Waals surface area (Å²) in [6, 6.07) is 26.2. The van der Waals surface area contributed by atoms with Crippen LogP contribution in [-0.4, -0.2) is 68.9 Å². The number of aromatic nitrogens is 4. The second-order valence-corrected chi connectivity index (χ2v) is 13.4. The molecule has 6 heterocycles. The van der Waals surface area contributed by atoms with Crippen molar-refractivity contribution < 1.29 is 24.1 Å². The molecule has 0 radical (unpaired) electrons. The standard InChI is InChI=1S/C24H25N3O3.C16H19N3O.CH4O/c1-2-27-22-19-10-6-7-11-21(19)30-24(20(22)16-25-27)12-14-26(15-13-24)23(28)29-17-18-8-4-3-5-9-18;1-2-19-15-12-5-3-4-6-14(12)20-16(13(15)11-18-19)7-9-17-10-8-16;1-2/h3-11,16H,2,12-15,17H2,1H3;3-6,11,17H,2,7-10H2,1H3;2H,1H3. The molecule has 5 aromatic rings. The first-order valence-corrected chi connectivity index (χ1v) is 18.3. The molecule has 11 heteroatoms. The molecular weight excluding hydrogens is 656 g/mol. The number of aliphatic hydroxyl groups excluding tert-OH is 1. The number of fused-ring (bicyclic) bond motifs is 8. The fraction of sp³-hybridized carbons (Fsp3) is 0.390. The summed E-state index contributed by atoms with van der Waals surface area (Å²) in [5, 5.41) is 19.6. The van der Waals surface area contributed by atoms with E-state index in [-0.39, 0.29) is 11.7 Å². The highest BCUT2D eigenvalue weighted by molar-refractivity contribution is 5.75. The minimum Gasteiger partial charge on any atom is -0.482 e. The molecule has 3 aromatic carbocycles. The summed E-state index contributed by atoms with van der Waals surface area (Å²) in [7, 11) is 1.00. The van der Waals surface area contributed by atoms with Gasteiger partial charge in [0.15, 0.2) is 0 Å². The van der Waals surface area contributed by atoms with Crippen LogP contribution in [0.15, 0.2) is 91.3 Å². The first kappa shape index (κ1) is 35.3. The average molecular weight is 705 g/mol. The number of carbonyl (C=O) groups excluding carboxylic acids is 1. The highest BCUT2D eigenvalue weighted by Gasteiger charge is 2.46. The van der Waals surface area contributed by atoms with Crippen LogP contribution in [0.1, 0.15) is 56.2 Å². The lowest BCUT2D eigenvalue weighted by molar-refractivity contribution is -0.00659. The van der Waals surface area contributed by atoms with Gasteiger partial charge in [0.1, 0.15) is 29.3 Å². The van der Waals surface area contributed by atoms with Gasteiger partial charge in [0.25, 0.3) is 0 Å². The molecule has 2 saturated heterocycles. The number of benzene rings is 3. The second kappa shape index (κ2) is 15.2. The van der Waals surface area contributed by atoms with E-state index in [4.69, 9.17) is 19.3 Å². The van der Waals surface area contributed by atoms with Gasteiger partial charge in [0.05, 0.1) is 23.8 Å². The molecule has 2 aromatic heterocycles. The van der Waals surface area contributed by atoms with E-state index >= 15 is 0 Å². The first-order valence-electron chi connectivity index (χ1n) is 18.3. The van der Waals surface area contributed by atoms with E-state index in [2.05, 4.69) is 58.3 Å². The van der Waals surface area contributed by atoms with Gasteiger partial charge in [-0.2, -0.15) is 10.2 Å². The smallest absolute Gasteiger partial charge is 0.410 e. The fourth-order valence-electron chi connectivity index (χ4n) is 7.95. The summed E-state index contributed by atoms with van der Waals surface area (Å²) in [4.78, 5) is 14.4. The maximum absolute atomic E-state index is 12.6. The highest BCUT2D eigenvalue weighted by atomic mass is 16.6. The van der Waals surface area contributed by atoms with Crippen LogP contribution in [0, 0.1) is 0 Å². The van der Waals surface area contributed by atoms with Crippen molar-refractivity contribution in [3.63, 3.8) is 0 Å². The van der Waals surface area contributed by atoms with Gasteiger partial charge in [0.2, 0.25) is 0 Å². The predicted octanol–water partition coefficient (Wildman–Crippen LogP) is 6.74. The Morgan fingerprint density at radius 3 is 1.73 bits per heavy atom. The molecule has 11 nitrogen and oxygen atoms in total. The zero-order valence-electron chi connectivity index (χ0n) is 30.3.